The molecule has 0 aliphatic rings. The maximum absolute atomic E-state index is 10.9. The standard InChI is InChI=1S/C21H16ClN3O3/c1-12-2-5-15(10-17(12)22)27-14-6-3-13(4-7-14)20-24-18-9-8-16(28-21(23)26)11-19(18)25-20/h2-11H,1H3,(H2,23,26)(H,24,25). The zero-order chi connectivity index (χ0) is 19.7. The molecule has 140 valence electrons. The smallest absolute Gasteiger partial charge is 0.409 e. The predicted molar refractivity (Wildman–Crippen MR) is 108 cm³/mol. The molecule has 0 unspecified atom stereocenters. The first-order chi connectivity index (χ1) is 13.5. The monoisotopic (exact) mass is 393 g/mol. The highest BCUT2D eigenvalue weighted by Gasteiger charge is 2.08. The molecule has 4 rings (SSSR count). The summed E-state index contributed by atoms with van der Waals surface area (Å²) in [7, 11) is 0. The number of imidazole rings is 1. The van der Waals surface area contributed by atoms with Crippen molar-refractivity contribution in [2.24, 2.45) is 5.73 Å². The van der Waals surface area contributed by atoms with E-state index in [1.54, 1.807) is 24.3 Å². The number of carbonyl (C=O) groups excluding carboxylic acids is 1. The minimum absolute atomic E-state index is 0.357. The van der Waals surface area contributed by atoms with Gasteiger partial charge in [0.1, 0.15) is 23.1 Å². The molecule has 0 saturated heterocycles. The van der Waals surface area contributed by atoms with Gasteiger partial charge in [-0.05, 0) is 61.0 Å². The number of hydrogen-bond acceptors (Lipinski definition) is 4. The molecule has 0 aliphatic heterocycles. The molecule has 0 bridgehead atoms. The number of aromatic amines is 1. The quantitative estimate of drug-likeness (QED) is 0.483. The van der Waals surface area contributed by atoms with Crippen molar-refractivity contribution in [2.45, 2.75) is 6.92 Å². The maximum Gasteiger partial charge on any atom is 0.409 e. The number of primary amides is 1. The van der Waals surface area contributed by atoms with Crippen LogP contribution in [-0.4, -0.2) is 16.1 Å². The molecule has 7 heteroatoms. The van der Waals surface area contributed by atoms with Gasteiger partial charge < -0.3 is 20.2 Å². The number of nitrogens with zero attached hydrogens (tertiary/aromatic N) is 1. The third-order valence-corrected chi connectivity index (χ3v) is 4.59. The van der Waals surface area contributed by atoms with E-state index in [1.165, 1.54) is 0 Å². The number of carbonyl (C=O) groups is 1. The molecule has 4 aromatic rings. The lowest BCUT2D eigenvalue weighted by Gasteiger charge is -2.07. The average Bonchev–Trinajstić information content (AvgIpc) is 3.08. The van der Waals surface area contributed by atoms with Crippen LogP contribution in [0.4, 0.5) is 4.79 Å². The van der Waals surface area contributed by atoms with E-state index >= 15 is 0 Å². The average molecular weight is 394 g/mol. The van der Waals surface area contributed by atoms with E-state index in [0.29, 0.717) is 28.1 Å². The number of rotatable bonds is 4. The molecule has 1 heterocycles. The Morgan fingerprint density at radius 2 is 1.71 bits per heavy atom. The summed E-state index contributed by atoms with van der Waals surface area (Å²) in [4.78, 5) is 18.6. The predicted octanol–water partition coefficient (Wildman–Crippen LogP) is 5.44. The Balaban J connectivity index is 1.56. The Morgan fingerprint density at radius 1 is 1.00 bits per heavy atom. The van der Waals surface area contributed by atoms with Gasteiger partial charge in [-0.3, -0.25) is 0 Å². The number of halogens is 1. The molecule has 0 atom stereocenters. The summed E-state index contributed by atoms with van der Waals surface area (Å²) in [5.74, 6) is 2.41. The first-order valence-electron chi connectivity index (χ1n) is 8.49. The molecule has 0 saturated carbocycles. The summed E-state index contributed by atoms with van der Waals surface area (Å²) in [6.45, 7) is 1.94. The number of aryl methyl sites for hydroxylation is 1. The van der Waals surface area contributed by atoms with Gasteiger partial charge in [0.05, 0.1) is 11.0 Å². The van der Waals surface area contributed by atoms with Gasteiger partial charge in [0.2, 0.25) is 0 Å². The van der Waals surface area contributed by atoms with Crippen LogP contribution in [-0.2, 0) is 0 Å². The van der Waals surface area contributed by atoms with E-state index in [-0.39, 0.29) is 0 Å². The van der Waals surface area contributed by atoms with Crippen LogP contribution in [0.3, 0.4) is 0 Å². The zero-order valence-corrected chi connectivity index (χ0v) is 15.7. The Kier molecular flexibility index (Phi) is 4.63. The molecule has 3 aromatic carbocycles. The fraction of sp³-hybridized carbons (Fsp3) is 0.0476. The summed E-state index contributed by atoms with van der Waals surface area (Å²) >= 11 is 6.14. The highest BCUT2D eigenvalue weighted by molar-refractivity contribution is 6.31. The van der Waals surface area contributed by atoms with Crippen LogP contribution >= 0.6 is 11.6 Å². The van der Waals surface area contributed by atoms with Crippen molar-refractivity contribution < 1.29 is 14.3 Å². The molecular formula is C21H16ClN3O3. The largest absolute Gasteiger partial charge is 0.457 e. The summed E-state index contributed by atoms with van der Waals surface area (Å²) < 4.78 is 10.7. The van der Waals surface area contributed by atoms with E-state index in [1.807, 2.05) is 43.3 Å². The lowest BCUT2D eigenvalue weighted by molar-refractivity contribution is 0.211. The number of nitrogens with two attached hydrogens (primary N) is 1. The minimum atomic E-state index is -0.857. The fourth-order valence-electron chi connectivity index (χ4n) is 2.76. The second kappa shape index (κ2) is 7.25. The molecule has 28 heavy (non-hydrogen) atoms. The van der Waals surface area contributed by atoms with E-state index in [4.69, 9.17) is 26.8 Å². The van der Waals surface area contributed by atoms with Crippen LogP contribution < -0.4 is 15.2 Å². The van der Waals surface area contributed by atoms with Gasteiger partial charge in [0, 0.05) is 16.7 Å². The van der Waals surface area contributed by atoms with Crippen molar-refractivity contribution in [1.82, 2.24) is 9.97 Å². The lowest BCUT2D eigenvalue weighted by Crippen LogP contribution is -2.16. The minimum Gasteiger partial charge on any atom is -0.457 e. The Bertz CT molecular complexity index is 1170. The second-order valence-corrected chi connectivity index (χ2v) is 6.63. The van der Waals surface area contributed by atoms with Crippen molar-refractivity contribution in [2.75, 3.05) is 0 Å². The van der Waals surface area contributed by atoms with Gasteiger partial charge >= 0.3 is 6.09 Å². The summed E-state index contributed by atoms with van der Waals surface area (Å²) in [5.41, 5.74) is 8.42. The molecule has 0 radical (unpaired) electrons. The first-order valence-corrected chi connectivity index (χ1v) is 8.87. The molecular weight excluding hydrogens is 378 g/mol. The van der Waals surface area contributed by atoms with Gasteiger partial charge in [-0.1, -0.05) is 17.7 Å². The van der Waals surface area contributed by atoms with Crippen LogP contribution in [0, 0.1) is 6.92 Å². The molecule has 0 aliphatic carbocycles. The third-order valence-electron chi connectivity index (χ3n) is 4.18. The van der Waals surface area contributed by atoms with E-state index in [2.05, 4.69) is 9.97 Å². The molecule has 1 aromatic heterocycles. The topological polar surface area (TPSA) is 90.2 Å². The highest BCUT2D eigenvalue weighted by Crippen LogP contribution is 2.29. The fourth-order valence-corrected chi connectivity index (χ4v) is 2.93. The number of benzene rings is 3. The number of fused-ring (bicyclic) bond motifs is 1. The van der Waals surface area contributed by atoms with Gasteiger partial charge in [0.25, 0.3) is 0 Å². The van der Waals surface area contributed by atoms with Crippen molar-refractivity contribution in [3.05, 3.63) is 71.2 Å². The van der Waals surface area contributed by atoms with Gasteiger partial charge in [-0.2, -0.15) is 0 Å². The number of amides is 1. The van der Waals surface area contributed by atoms with E-state index < -0.39 is 6.09 Å². The summed E-state index contributed by atoms with van der Waals surface area (Å²) in [6.07, 6.45) is -0.857. The van der Waals surface area contributed by atoms with Crippen LogP contribution in [0.25, 0.3) is 22.4 Å². The SMILES string of the molecule is Cc1ccc(Oc2ccc(-c3nc4ccc(OC(N)=O)cc4[nH]3)cc2)cc1Cl. The summed E-state index contributed by atoms with van der Waals surface area (Å²) in [5, 5.41) is 0.663. The van der Waals surface area contributed by atoms with E-state index in [9.17, 15) is 4.79 Å². The maximum atomic E-state index is 10.9. The number of hydrogen-bond donors (Lipinski definition) is 2. The van der Waals surface area contributed by atoms with Crippen molar-refractivity contribution >= 4 is 28.7 Å². The normalized spacial score (nSPS) is 10.8. The van der Waals surface area contributed by atoms with Crippen molar-refractivity contribution in [1.29, 1.82) is 0 Å². The number of H-pyrrole nitrogens is 1. The molecule has 1 amide bonds. The van der Waals surface area contributed by atoms with Gasteiger partial charge in [0.15, 0.2) is 0 Å². The number of aromatic nitrogens is 2. The Hall–Kier alpha value is -3.51. The Labute approximate surface area is 165 Å². The van der Waals surface area contributed by atoms with Crippen LogP contribution in [0.15, 0.2) is 60.7 Å². The number of nitrogens with one attached hydrogen (secondary N) is 1. The zero-order valence-electron chi connectivity index (χ0n) is 14.9. The second-order valence-electron chi connectivity index (χ2n) is 6.22. The van der Waals surface area contributed by atoms with Crippen LogP contribution in [0.2, 0.25) is 5.02 Å². The first kappa shape index (κ1) is 17.9. The van der Waals surface area contributed by atoms with Crippen molar-refractivity contribution in [3.63, 3.8) is 0 Å². The number of ether oxygens (including phenoxy) is 2. The van der Waals surface area contributed by atoms with Crippen LogP contribution in [0.1, 0.15) is 5.56 Å². The van der Waals surface area contributed by atoms with Crippen molar-refractivity contribution in [3.8, 4) is 28.6 Å². The van der Waals surface area contributed by atoms with Crippen LogP contribution in [0.5, 0.6) is 17.2 Å². The summed E-state index contributed by atoms with van der Waals surface area (Å²) in [6, 6.07) is 18.2. The van der Waals surface area contributed by atoms with E-state index in [0.717, 1.165) is 22.2 Å². The lowest BCUT2D eigenvalue weighted by atomic mass is 10.2. The third kappa shape index (κ3) is 3.77. The van der Waals surface area contributed by atoms with Gasteiger partial charge in [-0.15, -0.1) is 0 Å². The van der Waals surface area contributed by atoms with Gasteiger partial charge in [-0.25, -0.2) is 9.78 Å². The molecule has 0 spiro atoms. The highest BCUT2D eigenvalue weighted by atomic mass is 35.5. The molecule has 0 fully saturated rings. The molecule has 6 nitrogen and oxygen atoms in total. The Morgan fingerprint density at radius 3 is 2.43 bits per heavy atom. The molecule has 3 N–H and O–H groups in total.